The smallest absolute Gasteiger partial charge is 0.134 e. The fourth-order valence-electron chi connectivity index (χ4n) is 3.15. The van der Waals surface area contributed by atoms with Crippen LogP contribution in [0.5, 0.6) is 0 Å². The van der Waals surface area contributed by atoms with Gasteiger partial charge >= 0.3 is 0 Å². The number of rotatable bonds is 4. The van der Waals surface area contributed by atoms with E-state index in [1.54, 1.807) is 0 Å². The first-order valence-corrected chi connectivity index (χ1v) is 7.50. The number of hydrogen-bond donors (Lipinski definition) is 1. The Hall–Kier alpha value is -1.09. The second-order valence-corrected chi connectivity index (χ2v) is 5.79. The SMILES string of the molecule is CCC1(CC)CCN(c2ncccc2[C@@H](C)O)CC1. The monoisotopic (exact) mass is 262 g/mol. The van der Waals surface area contributed by atoms with Crippen LogP contribution in [-0.4, -0.2) is 23.2 Å². The highest BCUT2D eigenvalue weighted by atomic mass is 16.3. The van der Waals surface area contributed by atoms with E-state index in [-0.39, 0.29) is 0 Å². The van der Waals surface area contributed by atoms with E-state index < -0.39 is 6.10 Å². The summed E-state index contributed by atoms with van der Waals surface area (Å²) in [5, 5.41) is 9.86. The molecule has 19 heavy (non-hydrogen) atoms. The van der Waals surface area contributed by atoms with Gasteiger partial charge in [0.25, 0.3) is 0 Å². The number of aromatic nitrogens is 1. The average Bonchev–Trinajstić information content (AvgIpc) is 2.47. The second kappa shape index (κ2) is 5.91. The third-order valence-corrected chi connectivity index (χ3v) is 4.89. The molecule has 1 atom stereocenters. The van der Waals surface area contributed by atoms with Crippen LogP contribution >= 0.6 is 0 Å². The topological polar surface area (TPSA) is 36.4 Å². The zero-order chi connectivity index (χ0) is 13.9. The summed E-state index contributed by atoms with van der Waals surface area (Å²) in [5.41, 5.74) is 1.47. The Labute approximate surface area is 116 Å². The first kappa shape index (κ1) is 14.3. The maximum atomic E-state index is 9.86. The molecule has 0 unspecified atom stereocenters. The van der Waals surface area contributed by atoms with E-state index in [4.69, 9.17) is 0 Å². The Morgan fingerprint density at radius 2 is 1.95 bits per heavy atom. The van der Waals surface area contributed by atoms with Crippen molar-refractivity contribution < 1.29 is 5.11 Å². The van der Waals surface area contributed by atoms with Gasteiger partial charge in [0.05, 0.1) is 6.10 Å². The minimum Gasteiger partial charge on any atom is -0.389 e. The highest BCUT2D eigenvalue weighted by Crippen LogP contribution is 2.39. The predicted octanol–water partition coefficient (Wildman–Crippen LogP) is 3.54. The molecule has 1 saturated heterocycles. The Balaban J connectivity index is 2.14. The highest BCUT2D eigenvalue weighted by Gasteiger charge is 2.32. The van der Waals surface area contributed by atoms with Crippen LogP contribution in [-0.2, 0) is 0 Å². The van der Waals surface area contributed by atoms with Crippen molar-refractivity contribution in [2.75, 3.05) is 18.0 Å². The number of anilines is 1. The van der Waals surface area contributed by atoms with Gasteiger partial charge in [0, 0.05) is 24.8 Å². The van der Waals surface area contributed by atoms with Gasteiger partial charge in [-0.05, 0) is 31.2 Å². The maximum absolute atomic E-state index is 9.86. The molecule has 1 fully saturated rings. The molecule has 2 heterocycles. The van der Waals surface area contributed by atoms with Crippen molar-refractivity contribution >= 4 is 5.82 Å². The number of pyridine rings is 1. The summed E-state index contributed by atoms with van der Waals surface area (Å²) in [4.78, 5) is 6.83. The number of nitrogens with zero attached hydrogens (tertiary/aromatic N) is 2. The van der Waals surface area contributed by atoms with Crippen LogP contribution < -0.4 is 4.90 Å². The van der Waals surface area contributed by atoms with Gasteiger partial charge in [-0.25, -0.2) is 4.98 Å². The second-order valence-electron chi connectivity index (χ2n) is 5.79. The molecule has 2 rings (SSSR count). The summed E-state index contributed by atoms with van der Waals surface area (Å²) in [7, 11) is 0. The van der Waals surface area contributed by atoms with Crippen molar-refractivity contribution in [1.82, 2.24) is 4.98 Å². The van der Waals surface area contributed by atoms with Gasteiger partial charge < -0.3 is 10.0 Å². The largest absolute Gasteiger partial charge is 0.389 e. The molecule has 0 amide bonds. The molecule has 106 valence electrons. The van der Waals surface area contributed by atoms with Crippen molar-refractivity contribution in [3.05, 3.63) is 23.9 Å². The molecule has 1 N–H and O–H groups in total. The molecule has 0 bridgehead atoms. The van der Waals surface area contributed by atoms with Crippen LogP contribution in [0.15, 0.2) is 18.3 Å². The quantitative estimate of drug-likeness (QED) is 0.901. The molecular weight excluding hydrogens is 236 g/mol. The summed E-state index contributed by atoms with van der Waals surface area (Å²) in [5.74, 6) is 0.971. The van der Waals surface area contributed by atoms with E-state index in [1.807, 2.05) is 25.3 Å². The van der Waals surface area contributed by atoms with Gasteiger partial charge in [0.1, 0.15) is 5.82 Å². The summed E-state index contributed by atoms with van der Waals surface area (Å²) in [6.07, 6.45) is 6.37. The maximum Gasteiger partial charge on any atom is 0.134 e. The molecule has 0 aliphatic carbocycles. The summed E-state index contributed by atoms with van der Waals surface area (Å²) in [6.45, 7) is 8.53. The van der Waals surface area contributed by atoms with Crippen LogP contribution in [0.25, 0.3) is 0 Å². The van der Waals surface area contributed by atoms with E-state index in [1.165, 1.54) is 25.7 Å². The molecule has 3 nitrogen and oxygen atoms in total. The lowest BCUT2D eigenvalue weighted by molar-refractivity contribution is 0.192. The molecule has 1 aromatic heterocycles. The third kappa shape index (κ3) is 2.92. The Morgan fingerprint density at radius 1 is 1.32 bits per heavy atom. The third-order valence-electron chi connectivity index (χ3n) is 4.89. The van der Waals surface area contributed by atoms with Gasteiger partial charge in [-0.2, -0.15) is 0 Å². The minimum atomic E-state index is -0.451. The van der Waals surface area contributed by atoms with Crippen molar-refractivity contribution in [3.63, 3.8) is 0 Å². The van der Waals surface area contributed by atoms with Gasteiger partial charge in [0.2, 0.25) is 0 Å². The summed E-state index contributed by atoms with van der Waals surface area (Å²) < 4.78 is 0. The first-order valence-electron chi connectivity index (χ1n) is 7.50. The Bertz CT molecular complexity index is 403. The molecule has 0 aromatic carbocycles. The van der Waals surface area contributed by atoms with Crippen molar-refractivity contribution in [2.24, 2.45) is 5.41 Å². The van der Waals surface area contributed by atoms with E-state index >= 15 is 0 Å². The first-order chi connectivity index (χ1) is 9.12. The molecule has 0 radical (unpaired) electrons. The van der Waals surface area contributed by atoms with Crippen molar-refractivity contribution in [3.8, 4) is 0 Å². The van der Waals surface area contributed by atoms with Crippen LogP contribution in [0.3, 0.4) is 0 Å². The van der Waals surface area contributed by atoms with Gasteiger partial charge in [-0.3, -0.25) is 0 Å². The lowest BCUT2D eigenvalue weighted by Gasteiger charge is -2.42. The number of hydrogen-bond acceptors (Lipinski definition) is 3. The Morgan fingerprint density at radius 3 is 2.47 bits per heavy atom. The van der Waals surface area contributed by atoms with Crippen LogP contribution in [0, 0.1) is 5.41 Å². The Kier molecular flexibility index (Phi) is 4.46. The van der Waals surface area contributed by atoms with Crippen LogP contribution in [0.1, 0.15) is 58.1 Å². The van der Waals surface area contributed by atoms with Crippen molar-refractivity contribution in [2.45, 2.75) is 52.6 Å². The number of aliphatic hydroxyl groups excluding tert-OH is 1. The molecular formula is C16H26N2O. The van der Waals surface area contributed by atoms with Crippen molar-refractivity contribution in [1.29, 1.82) is 0 Å². The minimum absolute atomic E-state index is 0.451. The molecule has 0 saturated carbocycles. The van der Waals surface area contributed by atoms with Crippen LogP contribution in [0.2, 0.25) is 0 Å². The molecule has 3 heteroatoms. The summed E-state index contributed by atoms with van der Waals surface area (Å²) >= 11 is 0. The summed E-state index contributed by atoms with van der Waals surface area (Å²) in [6, 6.07) is 3.88. The standard InChI is InChI=1S/C16H26N2O/c1-4-16(5-2)8-11-18(12-9-16)15-14(13(3)19)7-6-10-17-15/h6-7,10,13,19H,4-5,8-9,11-12H2,1-3H3/t13-/m1/s1. The van der Waals surface area contributed by atoms with Gasteiger partial charge in [-0.15, -0.1) is 0 Å². The van der Waals surface area contributed by atoms with Crippen LogP contribution in [0.4, 0.5) is 5.82 Å². The van der Waals surface area contributed by atoms with E-state index in [9.17, 15) is 5.11 Å². The molecule has 0 spiro atoms. The average molecular weight is 262 g/mol. The van der Waals surface area contributed by atoms with E-state index in [0.717, 1.165) is 24.5 Å². The molecule has 1 aliphatic rings. The van der Waals surface area contributed by atoms with E-state index in [2.05, 4.69) is 23.7 Å². The zero-order valence-electron chi connectivity index (χ0n) is 12.4. The number of aliphatic hydroxyl groups is 1. The predicted molar refractivity (Wildman–Crippen MR) is 79.3 cm³/mol. The molecule has 1 aromatic rings. The van der Waals surface area contributed by atoms with E-state index in [0.29, 0.717) is 5.41 Å². The lowest BCUT2D eigenvalue weighted by atomic mass is 9.74. The normalized spacial score (nSPS) is 20.3. The fraction of sp³-hybridized carbons (Fsp3) is 0.688. The van der Waals surface area contributed by atoms with Gasteiger partial charge in [-0.1, -0.05) is 32.8 Å². The highest BCUT2D eigenvalue weighted by molar-refractivity contribution is 5.48. The number of piperidine rings is 1. The molecule has 1 aliphatic heterocycles. The fourth-order valence-corrected chi connectivity index (χ4v) is 3.15. The lowest BCUT2D eigenvalue weighted by Crippen LogP contribution is -2.40. The van der Waals surface area contributed by atoms with Gasteiger partial charge in [0.15, 0.2) is 0 Å². The zero-order valence-corrected chi connectivity index (χ0v) is 12.4.